The largest absolute Gasteiger partial charge is 0.310 e. The van der Waals surface area contributed by atoms with Gasteiger partial charge in [-0.25, -0.2) is 0 Å². The average Bonchev–Trinajstić information content (AvgIpc) is 4.30. The number of hydrogen-bond donors (Lipinski definition) is 0. The number of rotatable bonds is 7. The van der Waals surface area contributed by atoms with Crippen molar-refractivity contribution in [1.29, 1.82) is 0 Å². The van der Waals surface area contributed by atoms with Crippen LogP contribution in [0.25, 0.3) is 72.0 Å². The maximum absolute atomic E-state index is 2.56. The second-order valence-corrected chi connectivity index (χ2v) is 20.6. The monoisotopic (exact) mass is 964 g/mol. The van der Waals surface area contributed by atoms with E-state index in [0.717, 1.165) is 22.6 Å². The van der Waals surface area contributed by atoms with Crippen LogP contribution in [0.3, 0.4) is 0 Å². The zero-order valence-electron chi connectivity index (χ0n) is 41.6. The van der Waals surface area contributed by atoms with E-state index >= 15 is 0 Å². The van der Waals surface area contributed by atoms with Crippen molar-refractivity contribution < 1.29 is 0 Å². The molecule has 1 aliphatic heterocycles. The molecule has 0 saturated heterocycles. The van der Waals surface area contributed by atoms with E-state index in [9.17, 15) is 0 Å². The standard InChI is InChI=1S/C74H48N2/c1-4-23-49(24-5-1)54-29-10-11-30-55(54)60-33-14-19-40-69(60)75(52-43-45-58-56-31-12-16-36-63(56)73(67(58)47-52,50-25-6-2-7-26-50)51-27-8-3-9-28-51)53-44-46-59-57-32-13-17-37-64(57)74(68(59)48-53)65-38-18-21-42-71(65)76-70-41-20-15-34-61(70)62-35-22-39-66(74)72(62)76/h1-48H. The molecule has 2 nitrogen and oxygen atoms in total. The summed E-state index contributed by atoms with van der Waals surface area (Å²) in [6.07, 6.45) is 0. The van der Waals surface area contributed by atoms with Gasteiger partial charge in [0.15, 0.2) is 0 Å². The zero-order valence-corrected chi connectivity index (χ0v) is 41.6. The summed E-state index contributed by atoms with van der Waals surface area (Å²) in [5.74, 6) is 0. The fourth-order valence-electron chi connectivity index (χ4n) is 14.2. The molecular formula is C74H48N2. The van der Waals surface area contributed by atoms with Crippen molar-refractivity contribution >= 4 is 38.9 Å². The molecule has 0 amide bonds. The molecule has 1 spiro atoms. The summed E-state index contributed by atoms with van der Waals surface area (Å²) < 4.78 is 2.53. The maximum Gasteiger partial charge on any atom is 0.0755 e. The smallest absolute Gasteiger partial charge is 0.0755 e. The van der Waals surface area contributed by atoms with Crippen molar-refractivity contribution in [3.63, 3.8) is 0 Å². The quantitative estimate of drug-likeness (QED) is 0.155. The molecule has 1 aromatic heterocycles. The van der Waals surface area contributed by atoms with E-state index in [4.69, 9.17) is 0 Å². The number of nitrogens with zero attached hydrogens (tertiary/aromatic N) is 2. The molecule has 76 heavy (non-hydrogen) atoms. The summed E-state index contributed by atoms with van der Waals surface area (Å²) >= 11 is 0. The van der Waals surface area contributed by atoms with Gasteiger partial charge in [0.25, 0.3) is 0 Å². The Labute approximate surface area is 442 Å². The van der Waals surface area contributed by atoms with Crippen molar-refractivity contribution in [3.8, 4) is 50.2 Å². The zero-order chi connectivity index (χ0) is 50.0. The van der Waals surface area contributed by atoms with Crippen LogP contribution >= 0.6 is 0 Å². The Hall–Kier alpha value is -9.76. The molecule has 1 unspecified atom stereocenters. The molecule has 3 aliphatic rings. The lowest BCUT2D eigenvalue weighted by Gasteiger charge is -2.40. The first-order chi connectivity index (χ1) is 37.7. The van der Waals surface area contributed by atoms with Crippen LogP contribution in [-0.4, -0.2) is 4.57 Å². The molecular weight excluding hydrogens is 917 g/mol. The van der Waals surface area contributed by atoms with Gasteiger partial charge in [-0.1, -0.05) is 249 Å². The van der Waals surface area contributed by atoms with E-state index in [-0.39, 0.29) is 0 Å². The molecule has 0 fully saturated rings. The Bertz CT molecular complexity index is 4430. The SMILES string of the molecule is c1ccc(-c2ccccc2-c2ccccc2N(c2ccc3c(c2)C(c2ccccc2)(c2ccccc2)c2ccccc2-3)c2ccc3c(c2)C2(c4ccccc4-3)c3ccccc3-n3c4ccccc4c4cccc2c43)cc1. The van der Waals surface area contributed by atoms with Crippen molar-refractivity contribution in [2.24, 2.45) is 0 Å². The number of para-hydroxylation sites is 4. The van der Waals surface area contributed by atoms with Crippen molar-refractivity contribution in [2.45, 2.75) is 10.8 Å². The van der Waals surface area contributed by atoms with Gasteiger partial charge in [0.05, 0.1) is 33.2 Å². The van der Waals surface area contributed by atoms with Crippen LogP contribution in [0.4, 0.5) is 17.1 Å². The first-order valence-electron chi connectivity index (χ1n) is 26.5. The Balaban J connectivity index is 1.01. The third-order valence-corrected chi connectivity index (χ3v) is 17.1. The molecule has 0 saturated carbocycles. The predicted molar refractivity (Wildman–Crippen MR) is 315 cm³/mol. The van der Waals surface area contributed by atoms with Crippen LogP contribution in [0.15, 0.2) is 291 Å². The minimum Gasteiger partial charge on any atom is -0.310 e. The van der Waals surface area contributed by atoms with Crippen molar-refractivity contribution in [3.05, 3.63) is 336 Å². The highest BCUT2D eigenvalue weighted by molar-refractivity contribution is 6.13. The van der Waals surface area contributed by atoms with E-state index in [0.29, 0.717) is 0 Å². The van der Waals surface area contributed by atoms with Gasteiger partial charge in [-0.2, -0.15) is 0 Å². The van der Waals surface area contributed by atoms with Crippen LogP contribution in [-0.2, 0) is 10.8 Å². The van der Waals surface area contributed by atoms with Gasteiger partial charge < -0.3 is 9.47 Å². The van der Waals surface area contributed by atoms with Crippen molar-refractivity contribution in [1.82, 2.24) is 4.57 Å². The van der Waals surface area contributed by atoms with Crippen LogP contribution < -0.4 is 4.90 Å². The number of fused-ring (bicyclic) bond motifs is 15. The third kappa shape index (κ3) is 5.70. The Kier molecular flexibility index (Phi) is 9.20. The molecule has 0 N–H and O–H groups in total. The van der Waals surface area contributed by atoms with E-state index in [1.165, 1.54) is 111 Å². The molecule has 0 radical (unpaired) electrons. The number of aromatic nitrogens is 1. The predicted octanol–water partition coefficient (Wildman–Crippen LogP) is 18.6. The van der Waals surface area contributed by atoms with Gasteiger partial charge in [0, 0.05) is 27.7 Å². The molecule has 13 aromatic rings. The van der Waals surface area contributed by atoms with Gasteiger partial charge in [-0.05, 0) is 126 Å². The highest BCUT2D eigenvalue weighted by Gasteiger charge is 2.51. The molecule has 2 heteroatoms. The normalized spacial score (nSPS) is 15.0. The van der Waals surface area contributed by atoms with E-state index in [2.05, 4.69) is 301 Å². The second-order valence-electron chi connectivity index (χ2n) is 20.6. The van der Waals surface area contributed by atoms with E-state index in [1.807, 2.05) is 0 Å². The first-order valence-corrected chi connectivity index (χ1v) is 26.5. The minimum absolute atomic E-state index is 0.581. The lowest BCUT2D eigenvalue weighted by Crippen LogP contribution is -2.33. The average molecular weight is 965 g/mol. The highest BCUT2D eigenvalue weighted by Crippen LogP contribution is 2.63. The molecule has 2 heterocycles. The van der Waals surface area contributed by atoms with Gasteiger partial charge in [0.1, 0.15) is 0 Å². The number of anilines is 3. The Morgan fingerprint density at radius 2 is 0.737 bits per heavy atom. The molecule has 0 bridgehead atoms. The topological polar surface area (TPSA) is 8.17 Å². The lowest BCUT2D eigenvalue weighted by molar-refractivity contribution is 0.748. The summed E-state index contributed by atoms with van der Waals surface area (Å²) in [4.78, 5) is 2.56. The third-order valence-electron chi connectivity index (χ3n) is 17.1. The second kappa shape index (κ2) is 16.4. The van der Waals surface area contributed by atoms with Crippen LogP contribution in [0.2, 0.25) is 0 Å². The van der Waals surface area contributed by atoms with Gasteiger partial charge in [-0.15, -0.1) is 0 Å². The van der Waals surface area contributed by atoms with Gasteiger partial charge >= 0.3 is 0 Å². The minimum atomic E-state index is -0.622. The Morgan fingerprint density at radius 1 is 0.276 bits per heavy atom. The van der Waals surface area contributed by atoms with E-state index < -0.39 is 10.8 Å². The molecule has 12 aromatic carbocycles. The summed E-state index contributed by atoms with van der Waals surface area (Å²) in [7, 11) is 0. The summed E-state index contributed by atoms with van der Waals surface area (Å²) in [6, 6.07) is 109. The number of hydrogen-bond acceptors (Lipinski definition) is 1. The van der Waals surface area contributed by atoms with Gasteiger partial charge in [-0.3, -0.25) is 0 Å². The van der Waals surface area contributed by atoms with E-state index in [1.54, 1.807) is 0 Å². The fraction of sp³-hybridized carbons (Fsp3) is 0.0270. The molecule has 1 atom stereocenters. The van der Waals surface area contributed by atoms with Crippen LogP contribution in [0.5, 0.6) is 0 Å². The summed E-state index contributed by atoms with van der Waals surface area (Å²) in [5, 5.41) is 2.54. The molecule has 16 rings (SSSR count). The van der Waals surface area contributed by atoms with Crippen molar-refractivity contribution in [2.75, 3.05) is 4.90 Å². The summed E-state index contributed by atoms with van der Waals surface area (Å²) in [6.45, 7) is 0. The fourth-order valence-corrected chi connectivity index (χ4v) is 14.2. The Morgan fingerprint density at radius 3 is 1.41 bits per heavy atom. The number of benzene rings is 12. The van der Waals surface area contributed by atoms with Gasteiger partial charge in [0.2, 0.25) is 0 Å². The highest BCUT2D eigenvalue weighted by atomic mass is 15.1. The van der Waals surface area contributed by atoms with Crippen LogP contribution in [0.1, 0.15) is 44.5 Å². The maximum atomic E-state index is 2.56. The molecule has 2 aliphatic carbocycles. The van der Waals surface area contributed by atoms with Crippen LogP contribution in [0, 0.1) is 0 Å². The lowest BCUT2D eigenvalue weighted by atomic mass is 9.65. The first kappa shape index (κ1) is 42.7. The molecule has 354 valence electrons. The summed E-state index contributed by atoms with van der Waals surface area (Å²) in [5.41, 5.74) is 25.8.